The SMILES string of the molecule is C1=NCc2ccncc21.c1cc2oncc2cn1.c1cc2sncc2cn1. The summed E-state index contributed by atoms with van der Waals surface area (Å²) in [6.07, 6.45) is 16.0. The molecule has 0 fully saturated rings. The molecule has 0 radical (unpaired) electrons. The van der Waals surface area contributed by atoms with Gasteiger partial charge in [0, 0.05) is 60.4 Å². The van der Waals surface area contributed by atoms with Gasteiger partial charge in [-0.25, -0.2) is 0 Å². The first-order valence-electron chi connectivity index (χ1n) is 8.12. The third-order valence-electron chi connectivity index (χ3n) is 3.74. The molecule has 0 saturated carbocycles. The third kappa shape index (κ3) is 4.18. The zero-order valence-electron chi connectivity index (χ0n) is 14.1. The average Bonchev–Trinajstić information content (AvgIpc) is 3.48. The summed E-state index contributed by atoms with van der Waals surface area (Å²) in [7, 11) is 0. The Morgan fingerprint density at radius 2 is 1.63 bits per heavy atom. The predicted molar refractivity (Wildman–Crippen MR) is 105 cm³/mol. The Bertz CT molecular complexity index is 1060. The summed E-state index contributed by atoms with van der Waals surface area (Å²) in [5, 5.41) is 5.66. The van der Waals surface area contributed by atoms with Gasteiger partial charge in [0.1, 0.15) is 0 Å². The fourth-order valence-electron chi connectivity index (χ4n) is 2.37. The van der Waals surface area contributed by atoms with Gasteiger partial charge in [0.25, 0.3) is 0 Å². The fraction of sp³-hybridized carbons (Fsp3) is 0.0526. The molecule has 0 saturated heterocycles. The van der Waals surface area contributed by atoms with Crippen LogP contribution in [0, 0.1) is 0 Å². The van der Waals surface area contributed by atoms with Crippen LogP contribution in [0.2, 0.25) is 0 Å². The molecule has 1 aliphatic rings. The molecule has 0 N–H and O–H groups in total. The molecule has 6 heterocycles. The van der Waals surface area contributed by atoms with Crippen LogP contribution in [-0.4, -0.2) is 30.7 Å². The number of nitrogens with zero attached hydrogens (tertiary/aromatic N) is 6. The highest BCUT2D eigenvalue weighted by molar-refractivity contribution is 7.13. The lowest BCUT2D eigenvalue weighted by Gasteiger charge is -1.90. The van der Waals surface area contributed by atoms with Crippen molar-refractivity contribution in [3.63, 3.8) is 0 Å². The van der Waals surface area contributed by atoms with Crippen LogP contribution in [0.3, 0.4) is 0 Å². The van der Waals surface area contributed by atoms with E-state index < -0.39 is 0 Å². The minimum absolute atomic E-state index is 0.782. The van der Waals surface area contributed by atoms with E-state index >= 15 is 0 Å². The van der Waals surface area contributed by atoms with Gasteiger partial charge >= 0.3 is 0 Å². The second-order valence-corrected chi connectivity index (χ2v) is 6.36. The Hall–Kier alpha value is -3.52. The molecule has 0 amide bonds. The average molecular weight is 374 g/mol. The van der Waals surface area contributed by atoms with E-state index in [1.54, 1.807) is 37.1 Å². The summed E-state index contributed by atoms with van der Waals surface area (Å²) < 4.78 is 10.0. The van der Waals surface area contributed by atoms with Crippen molar-refractivity contribution in [2.45, 2.75) is 6.54 Å². The number of hydrogen-bond acceptors (Lipinski definition) is 8. The second-order valence-electron chi connectivity index (χ2n) is 5.52. The van der Waals surface area contributed by atoms with Crippen LogP contribution in [0.25, 0.3) is 21.1 Å². The van der Waals surface area contributed by atoms with Crippen LogP contribution in [0.4, 0.5) is 0 Å². The lowest BCUT2D eigenvalue weighted by atomic mass is 10.2. The first-order valence-corrected chi connectivity index (χ1v) is 8.89. The molecule has 0 bridgehead atoms. The highest BCUT2D eigenvalue weighted by atomic mass is 32.1. The van der Waals surface area contributed by atoms with Crippen molar-refractivity contribution in [3.05, 3.63) is 78.9 Å². The van der Waals surface area contributed by atoms with Gasteiger partial charge in [-0.15, -0.1) is 0 Å². The van der Waals surface area contributed by atoms with Gasteiger partial charge in [0.15, 0.2) is 5.58 Å². The van der Waals surface area contributed by atoms with Crippen LogP contribution in [-0.2, 0) is 6.54 Å². The standard InChI is InChI=1S/C7H6N2.C6H4N2O.C6H4N2S/c1-2-8-4-7-5-9-3-6(1)7;2*1-2-7-3-5-4-8-9-6(1)5/h1-2,4-5H,3H2;2*1-4H. The third-order valence-corrected chi connectivity index (χ3v) is 4.52. The van der Waals surface area contributed by atoms with Crippen LogP contribution in [0.15, 0.2) is 77.3 Å². The zero-order valence-corrected chi connectivity index (χ0v) is 15.0. The molecular formula is C19H14N6OS. The first kappa shape index (κ1) is 16.9. The fourth-order valence-corrected chi connectivity index (χ4v) is 2.98. The molecule has 27 heavy (non-hydrogen) atoms. The van der Waals surface area contributed by atoms with Gasteiger partial charge in [0.05, 0.1) is 29.0 Å². The minimum Gasteiger partial charge on any atom is -0.356 e. The van der Waals surface area contributed by atoms with Gasteiger partial charge in [-0.2, -0.15) is 4.37 Å². The number of fused-ring (bicyclic) bond motifs is 3. The van der Waals surface area contributed by atoms with Gasteiger partial charge in [-0.3, -0.25) is 19.9 Å². The van der Waals surface area contributed by atoms with Gasteiger partial charge in [0.2, 0.25) is 0 Å². The van der Waals surface area contributed by atoms with Crippen molar-refractivity contribution >= 4 is 38.8 Å². The monoisotopic (exact) mass is 374 g/mol. The maximum atomic E-state index is 4.83. The molecule has 1 aliphatic heterocycles. The van der Waals surface area contributed by atoms with E-state index in [0.717, 1.165) is 28.5 Å². The summed E-state index contributed by atoms with van der Waals surface area (Å²) in [6.45, 7) is 0.831. The van der Waals surface area contributed by atoms with Gasteiger partial charge in [-0.05, 0) is 29.2 Å². The van der Waals surface area contributed by atoms with E-state index in [9.17, 15) is 0 Å². The first-order chi connectivity index (χ1) is 13.4. The summed E-state index contributed by atoms with van der Waals surface area (Å²) in [5.41, 5.74) is 3.23. The van der Waals surface area contributed by atoms with E-state index in [4.69, 9.17) is 4.52 Å². The van der Waals surface area contributed by atoms with Crippen molar-refractivity contribution in [2.75, 3.05) is 0 Å². The maximum absolute atomic E-state index is 4.83. The number of aliphatic imine (C=N–C) groups is 1. The highest BCUT2D eigenvalue weighted by Crippen LogP contribution is 2.14. The smallest absolute Gasteiger partial charge is 0.169 e. The minimum atomic E-state index is 0.782. The molecule has 0 spiro atoms. The molecule has 8 heteroatoms. The normalized spacial score (nSPS) is 11.4. The summed E-state index contributed by atoms with van der Waals surface area (Å²) in [6, 6.07) is 5.75. The van der Waals surface area contributed by atoms with Crippen LogP contribution < -0.4 is 0 Å². The van der Waals surface area contributed by atoms with Crippen molar-refractivity contribution in [2.24, 2.45) is 4.99 Å². The van der Waals surface area contributed by atoms with Crippen LogP contribution >= 0.6 is 11.5 Å². The Kier molecular flexibility index (Phi) is 5.16. The molecule has 0 atom stereocenters. The van der Waals surface area contributed by atoms with E-state index in [0.29, 0.717) is 0 Å². The molecule has 7 nitrogen and oxygen atoms in total. The summed E-state index contributed by atoms with van der Waals surface area (Å²) in [4.78, 5) is 15.9. The van der Waals surface area contributed by atoms with Crippen molar-refractivity contribution in [3.8, 4) is 0 Å². The molecule has 5 aromatic rings. The van der Waals surface area contributed by atoms with Crippen molar-refractivity contribution in [1.29, 1.82) is 0 Å². The van der Waals surface area contributed by atoms with Crippen LogP contribution in [0.5, 0.6) is 0 Å². The van der Waals surface area contributed by atoms with E-state index in [1.165, 1.54) is 21.8 Å². The largest absolute Gasteiger partial charge is 0.356 e. The van der Waals surface area contributed by atoms with Crippen LogP contribution in [0.1, 0.15) is 11.1 Å². The lowest BCUT2D eigenvalue weighted by molar-refractivity contribution is 0.456. The van der Waals surface area contributed by atoms with E-state index in [1.807, 2.05) is 36.9 Å². The number of hydrogen-bond donors (Lipinski definition) is 0. The number of aromatic nitrogens is 5. The number of rotatable bonds is 0. The predicted octanol–water partition coefficient (Wildman–Crippen LogP) is 3.93. The summed E-state index contributed by atoms with van der Waals surface area (Å²) >= 11 is 1.50. The Morgan fingerprint density at radius 1 is 0.815 bits per heavy atom. The highest BCUT2D eigenvalue weighted by Gasteiger charge is 2.02. The molecule has 0 unspecified atom stereocenters. The topological polar surface area (TPSA) is 90.0 Å². The van der Waals surface area contributed by atoms with Gasteiger partial charge < -0.3 is 4.52 Å². The Balaban J connectivity index is 0.0000001000. The lowest BCUT2D eigenvalue weighted by Crippen LogP contribution is -1.83. The maximum Gasteiger partial charge on any atom is 0.169 e. The van der Waals surface area contributed by atoms with Crippen molar-refractivity contribution in [1.82, 2.24) is 24.5 Å². The Labute approximate surface area is 158 Å². The molecular weight excluding hydrogens is 360 g/mol. The number of pyridine rings is 3. The second kappa shape index (κ2) is 8.24. The van der Waals surface area contributed by atoms with E-state index in [2.05, 4.69) is 29.5 Å². The quantitative estimate of drug-likeness (QED) is 0.408. The Morgan fingerprint density at radius 3 is 2.48 bits per heavy atom. The molecule has 0 aliphatic carbocycles. The van der Waals surface area contributed by atoms with Gasteiger partial charge in [-0.1, -0.05) is 5.16 Å². The molecule has 132 valence electrons. The zero-order chi connectivity index (χ0) is 18.3. The van der Waals surface area contributed by atoms with Crippen molar-refractivity contribution < 1.29 is 4.52 Å². The molecule has 6 rings (SSSR count). The molecule has 5 aromatic heterocycles. The van der Waals surface area contributed by atoms with E-state index in [-0.39, 0.29) is 0 Å². The molecule has 0 aromatic carbocycles. The summed E-state index contributed by atoms with van der Waals surface area (Å²) in [5.74, 6) is 0.